The van der Waals surface area contributed by atoms with Crippen LogP contribution in [0.15, 0.2) is 4.99 Å². The Morgan fingerprint density at radius 2 is 1.93 bits per heavy atom. The van der Waals surface area contributed by atoms with Crippen LogP contribution in [0.25, 0.3) is 0 Å². The minimum Gasteiger partial charge on any atom is -0.387 e. The van der Waals surface area contributed by atoms with Crippen molar-refractivity contribution in [2.75, 3.05) is 7.11 Å². The minimum absolute atomic E-state index is 0.431. The van der Waals surface area contributed by atoms with E-state index >= 15 is 0 Å². The number of amidine groups is 1. The van der Waals surface area contributed by atoms with E-state index in [-0.39, 0.29) is 0 Å². The molecule has 80 valence electrons. The van der Waals surface area contributed by atoms with Crippen molar-refractivity contribution in [1.29, 1.82) is 0 Å². The molecule has 3 heteroatoms. The van der Waals surface area contributed by atoms with E-state index in [1.165, 1.54) is 25.7 Å². The standard InChI is InChI=1S/C11H20N2O/c1-14-10-6-9(7-10)13-11(12)8-4-2-3-5-8/h8-10H,2-7H2,1H3,(H2,12,13). The van der Waals surface area contributed by atoms with Gasteiger partial charge < -0.3 is 10.5 Å². The number of rotatable bonds is 3. The van der Waals surface area contributed by atoms with Gasteiger partial charge in [0, 0.05) is 13.0 Å². The maximum Gasteiger partial charge on any atom is 0.0971 e. The molecule has 0 unspecified atom stereocenters. The van der Waals surface area contributed by atoms with E-state index in [0.29, 0.717) is 18.1 Å². The van der Waals surface area contributed by atoms with Crippen molar-refractivity contribution in [1.82, 2.24) is 0 Å². The van der Waals surface area contributed by atoms with Gasteiger partial charge in [0.1, 0.15) is 0 Å². The molecule has 0 aromatic rings. The van der Waals surface area contributed by atoms with Crippen molar-refractivity contribution in [3.05, 3.63) is 0 Å². The zero-order valence-electron chi connectivity index (χ0n) is 8.91. The predicted molar refractivity (Wildman–Crippen MR) is 57.4 cm³/mol. The number of ether oxygens (including phenoxy) is 1. The highest BCUT2D eigenvalue weighted by Crippen LogP contribution is 2.29. The molecule has 0 spiro atoms. The Morgan fingerprint density at radius 1 is 1.29 bits per heavy atom. The van der Waals surface area contributed by atoms with Crippen molar-refractivity contribution in [3.63, 3.8) is 0 Å². The first kappa shape index (κ1) is 9.97. The topological polar surface area (TPSA) is 47.6 Å². The summed E-state index contributed by atoms with van der Waals surface area (Å²) in [7, 11) is 1.77. The minimum atomic E-state index is 0.431. The van der Waals surface area contributed by atoms with Crippen LogP contribution in [0.2, 0.25) is 0 Å². The number of nitrogens with zero attached hydrogens (tertiary/aromatic N) is 1. The molecule has 0 saturated heterocycles. The molecule has 2 fully saturated rings. The maximum absolute atomic E-state index is 5.99. The van der Waals surface area contributed by atoms with Gasteiger partial charge in [-0.15, -0.1) is 0 Å². The fourth-order valence-electron chi connectivity index (χ4n) is 2.37. The fraction of sp³-hybridized carbons (Fsp3) is 0.909. The Morgan fingerprint density at radius 3 is 2.50 bits per heavy atom. The molecule has 0 aromatic heterocycles. The second kappa shape index (κ2) is 4.30. The summed E-state index contributed by atoms with van der Waals surface area (Å²) in [5, 5.41) is 0. The van der Waals surface area contributed by atoms with Crippen LogP contribution in [0.1, 0.15) is 38.5 Å². The van der Waals surface area contributed by atoms with E-state index in [0.717, 1.165) is 18.7 Å². The molecule has 0 heterocycles. The molecule has 0 bridgehead atoms. The predicted octanol–water partition coefficient (Wildman–Crippen LogP) is 1.71. The van der Waals surface area contributed by atoms with Crippen LogP contribution in [0, 0.1) is 5.92 Å². The summed E-state index contributed by atoms with van der Waals surface area (Å²) in [6.07, 6.45) is 7.69. The van der Waals surface area contributed by atoms with Crippen LogP contribution in [-0.2, 0) is 4.74 Å². The molecule has 0 aliphatic heterocycles. The Balaban J connectivity index is 1.79. The van der Waals surface area contributed by atoms with E-state index in [9.17, 15) is 0 Å². The summed E-state index contributed by atoms with van der Waals surface area (Å²) in [5.74, 6) is 1.48. The van der Waals surface area contributed by atoms with Gasteiger partial charge in [0.25, 0.3) is 0 Å². The monoisotopic (exact) mass is 196 g/mol. The third-order valence-corrected chi connectivity index (χ3v) is 3.51. The molecule has 0 radical (unpaired) electrons. The van der Waals surface area contributed by atoms with Gasteiger partial charge >= 0.3 is 0 Å². The van der Waals surface area contributed by atoms with E-state index in [1.54, 1.807) is 7.11 Å². The van der Waals surface area contributed by atoms with Crippen molar-refractivity contribution >= 4 is 5.84 Å². The van der Waals surface area contributed by atoms with Gasteiger partial charge in [-0.1, -0.05) is 12.8 Å². The van der Waals surface area contributed by atoms with Crippen LogP contribution < -0.4 is 5.73 Å². The number of hydrogen-bond donors (Lipinski definition) is 1. The molecule has 2 aliphatic rings. The van der Waals surface area contributed by atoms with Crippen LogP contribution in [0.4, 0.5) is 0 Å². The zero-order chi connectivity index (χ0) is 9.97. The van der Waals surface area contributed by atoms with Crippen LogP contribution in [0.3, 0.4) is 0 Å². The fourth-order valence-corrected chi connectivity index (χ4v) is 2.37. The van der Waals surface area contributed by atoms with Crippen molar-refractivity contribution in [2.45, 2.75) is 50.7 Å². The lowest BCUT2D eigenvalue weighted by atomic mass is 9.89. The van der Waals surface area contributed by atoms with Crippen molar-refractivity contribution in [2.24, 2.45) is 16.6 Å². The van der Waals surface area contributed by atoms with Crippen LogP contribution >= 0.6 is 0 Å². The normalized spacial score (nSPS) is 34.5. The molecule has 3 nitrogen and oxygen atoms in total. The van der Waals surface area contributed by atoms with Crippen molar-refractivity contribution in [3.8, 4) is 0 Å². The summed E-state index contributed by atoms with van der Waals surface area (Å²) < 4.78 is 5.21. The van der Waals surface area contributed by atoms with E-state index in [2.05, 4.69) is 4.99 Å². The SMILES string of the molecule is COC1CC(N=C(N)C2CCCC2)C1. The van der Waals surface area contributed by atoms with Gasteiger partial charge in [-0.25, -0.2) is 0 Å². The number of methoxy groups -OCH3 is 1. The first-order chi connectivity index (χ1) is 6.79. The Bertz CT molecular complexity index is 215. The van der Waals surface area contributed by atoms with Gasteiger partial charge in [0.2, 0.25) is 0 Å². The molecule has 2 saturated carbocycles. The third kappa shape index (κ3) is 2.08. The molecule has 0 atom stereocenters. The first-order valence-corrected chi connectivity index (χ1v) is 5.65. The lowest BCUT2D eigenvalue weighted by Crippen LogP contribution is -2.36. The third-order valence-electron chi connectivity index (χ3n) is 3.51. The highest BCUT2D eigenvalue weighted by atomic mass is 16.5. The summed E-state index contributed by atoms with van der Waals surface area (Å²) in [4.78, 5) is 4.58. The van der Waals surface area contributed by atoms with Gasteiger partial charge in [-0.05, 0) is 25.7 Å². The van der Waals surface area contributed by atoms with Gasteiger partial charge in [-0.3, -0.25) is 4.99 Å². The lowest BCUT2D eigenvalue weighted by Gasteiger charge is -2.31. The lowest BCUT2D eigenvalue weighted by molar-refractivity contribution is 0.0283. The number of hydrogen-bond acceptors (Lipinski definition) is 2. The Labute approximate surface area is 85.7 Å². The van der Waals surface area contributed by atoms with Gasteiger partial charge in [0.05, 0.1) is 18.0 Å². The summed E-state index contributed by atoms with van der Waals surface area (Å²) in [5.41, 5.74) is 5.99. The smallest absolute Gasteiger partial charge is 0.0971 e. The van der Waals surface area contributed by atoms with Crippen LogP contribution in [-0.4, -0.2) is 25.1 Å². The summed E-state index contributed by atoms with van der Waals surface area (Å²) in [6.45, 7) is 0. The molecule has 0 amide bonds. The zero-order valence-corrected chi connectivity index (χ0v) is 8.91. The van der Waals surface area contributed by atoms with E-state index in [4.69, 9.17) is 10.5 Å². The average Bonchev–Trinajstić information content (AvgIpc) is 2.62. The van der Waals surface area contributed by atoms with Crippen LogP contribution in [0.5, 0.6) is 0 Å². The molecule has 2 rings (SSSR count). The second-order valence-corrected chi connectivity index (χ2v) is 4.52. The first-order valence-electron chi connectivity index (χ1n) is 5.65. The molecule has 2 N–H and O–H groups in total. The second-order valence-electron chi connectivity index (χ2n) is 4.52. The van der Waals surface area contributed by atoms with Gasteiger partial charge in [0.15, 0.2) is 0 Å². The Hall–Kier alpha value is -0.570. The largest absolute Gasteiger partial charge is 0.387 e. The molecule has 2 aliphatic carbocycles. The summed E-state index contributed by atoms with van der Waals surface area (Å²) in [6, 6.07) is 0.445. The maximum atomic E-state index is 5.99. The molecular weight excluding hydrogens is 176 g/mol. The quantitative estimate of drug-likeness (QED) is 0.552. The van der Waals surface area contributed by atoms with E-state index in [1.807, 2.05) is 0 Å². The number of nitrogens with two attached hydrogens (primary N) is 1. The summed E-state index contributed by atoms with van der Waals surface area (Å²) >= 11 is 0. The van der Waals surface area contributed by atoms with Gasteiger partial charge in [-0.2, -0.15) is 0 Å². The molecule has 14 heavy (non-hydrogen) atoms. The highest BCUT2D eigenvalue weighted by Gasteiger charge is 2.29. The van der Waals surface area contributed by atoms with E-state index < -0.39 is 0 Å². The Kier molecular flexibility index (Phi) is 3.06. The highest BCUT2D eigenvalue weighted by molar-refractivity contribution is 5.83. The molecule has 0 aromatic carbocycles. The van der Waals surface area contributed by atoms with Crippen molar-refractivity contribution < 1.29 is 4.74 Å². The number of aliphatic imine (C=N–C) groups is 1. The molecular formula is C11H20N2O. The average molecular weight is 196 g/mol.